The molecule has 160 valence electrons. The first kappa shape index (κ1) is 20.8. The zero-order valence-corrected chi connectivity index (χ0v) is 18.5. The van der Waals surface area contributed by atoms with Crippen molar-refractivity contribution in [3.05, 3.63) is 29.8 Å². The van der Waals surface area contributed by atoms with Gasteiger partial charge in [-0.1, -0.05) is 31.0 Å². The molecule has 3 atom stereocenters. The average molecular weight is 420 g/mol. The van der Waals surface area contributed by atoms with E-state index >= 15 is 0 Å². The molecule has 1 N–H and O–H groups in total. The summed E-state index contributed by atoms with van der Waals surface area (Å²) in [5, 5.41) is 3.29. The monoisotopic (exact) mass is 419 g/mol. The van der Waals surface area contributed by atoms with Crippen molar-refractivity contribution < 1.29 is 13.2 Å². The fraction of sp³-hybridized carbons (Fsp3) is 0.682. The van der Waals surface area contributed by atoms with Crippen LogP contribution in [0.4, 0.5) is 0 Å². The van der Waals surface area contributed by atoms with E-state index in [1.54, 1.807) is 16.4 Å². The minimum atomic E-state index is -3.48. The van der Waals surface area contributed by atoms with Crippen LogP contribution in [-0.2, 0) is 14.8 Å². The van der Waals surface area contributed by atoms with E-state index in [4.69, 9.17) is 0 Å². The second-order valence-corrected chi connectivity index (χ2v) is 11.1. The second-order valence-electron chi connectivity index (χ2n) is 9.17. The number of rotatable bonds is 5. The summed E-state index contributed by atoms with van der Waals surface area (Å²) in [5.74, 6) is 0.504. The van der Waals surface area contributed by atoms with E-state index < -0.39 is 10.0 Å². The van der Waals surface area contributed by atoms with Crippen molar-refractivity contribution in [1.29, 1.82) is 0 Å². The predicted molar refractivity (Wildman–Crippen MR) is 113 cm³/mol. The van der Waals surface area contributed by atoms with Crippen molar-refractivity contribution in [2.75, 3.05) is 26.2 Å². The maximum atomic E-state index is 13.0. The molecule has 1 amide bonds. The molecule has 0 aliphatic carbocycles. The molecular formula is C22H33N3O3S. The minimum Gasteiger partial charge on any atom is -0.350 e. The standard InChI is InChI=1S/C22H33N3O3S/c1-4-5-17(3)24-14-19-20(15-24)22(23-21(19)26)10-12-25(13-11-22)29(27,28)18-8-6-16(2)7-9-18/h6-9,17,19-20H,4-5,10-15H2,1-3H3,(H,23,26)/t17-,19-,20+/m1/s1. The van der Waals surface area contributed by atoms with E-state index in [0.29, 0.717) is 42.8 Å². The van der Waals surface area contributed by atoms with Gasteiger partial charge in [0, 0.05) is 43.7 Å². The molecule has 0 radical (unpaired) electrons. The van der Waals surface area contributed by atoms with Gasteiger partial charge in [-0.2, -0.15) is 4.31 Å². The Labute approximate surface area is 174 Å². The molecule has 1 aromatic rings. The second kappa shape index (κ2) is 7.67. The van der Waals surface area contributed by atoms with Gasteiger partial charge in [-0.05, 0) is 45.2 Å². The lowest BCUT2D eigenvalue weighted by Crippen LogP contribution is -2.56. The van der Waals surface area contributed by atoms with Crippen LogP contribution in [0.3, 0.4) is 0 Å². The van der Waals surface area contributed by atoms with Gasteiger partial charge in [0.25, 0.3) is 0 Å². The van der Waals surface area contributed by atoms with Gasteiger partial charge in [-0.3, -0.25) is 9.69 Å². The first-order valence-corrected chi connectivity index (χ1v) is 12.3. The van der Waals surface area contributed by atoms with Gasteiger partial charge in [-0.25, -0.2) is 8.42 Å². The highest BCUT2D eigenvalue weighted by atomic mass is 32.2. The number of amides is 1. The van der Waals surface area contributed by atoms with Crippen molar-refractivity contribution in [2.45, 2.75) is 62.9 Å². The number of hydrogen-bond donors (Lipinski definition) is 1. The summed E-state index contributed by atoms with van der Waals surface area (Å²) in [6, 6.07) is 7.55. The van der Waals surface area contributed by atoms with Crippen LogP contribution in [0.25, 0.3) is 0 Å². The van der Waals surface area contributed by atoms with Gasteiger partial charge in [0.05, 0.1) is 10.8 Å². The Hall–Kier alpha value is -1.44. The zero-order chi connectivity index (χ0) is 20.8. The summed E-state index contributed by atoms with van der Waals surface area (Å²) < 4.78 is 27.7. The molecule has 3 saturated heterocycles. The largest absolute Gasteiger partial charge is 0.350 e. The lowest BCUT2D eigenvalue weighted by molar-refractivity contribution is -0.123. The topological polar surface area (TPSA) is 69.7 Å². The Kier molecular flexibility index (Phi) is 5.51. The Morgan fingerprint density at radius 3 is 2.45 bits per heavy atom. The maximum Gasteiger partial charge on any atom is 0.243 e. The maximum absolute atomic E-state index is 13.0. The van der Waals surface area contributed by atoms with Crippen LogP contribution >= 0.6 is 0 Å². The number of hydrogen-bond acceptors (Lipinski definition) is 4. The van der Waals surface area contributed by atoms with E-state index in [2.05, 4.69) is 24.1 Å². The third kappa shape index (κ3) is 3.62. The van der Waals surface area contributed by atoms with Gasteiger partial charge in [0.2, 0.25) is 15.9 Å². The number of sulfonamides is 1. The predicted octanol–water partition coefficient (Wildman–Crippen LogP) is 2.38. The highest BCUT2D eigenvalue weighted by Gasteiger charge is 2.58. The molecule has 29 heavy (non-hydrogen) atoms. The molecule has 0 unspecified atom stereocenters. The van der Waals surface area contributed by atoms with Gasteiger partial charge in [-0.15, -0.1) is 0 Å². The quantitative estimate of drug-likeness (QED) is 0.796. The molecular weight excluding hydrogens is 386 g/mol. The Bertz CT molecular complexity index is 860. The fourth-order valence-corrected chi connectivity index (χ4v) is 6.97. The first-order chi connectivity index (χ1) is 13.8. The number of carbonyl (C=O) groups excluding carboxylic acids is 1. The van der Waals surface area contributed by atoms with Crippen molar-refractivity contribution >= 4 is 15.9 Å². The number of benzene rings is 1. The number of likely N-dealkylation sites (tertiary alicyclic amines) is 1. The highest BCUT2D eigenvalue weighted by Crippen LogP contribution is 2.45. The summed E-state index contributed by atoms with van der Waals surface area (Å²) >= 11 is 0. The summed E-state index contributed by atoms with van der Waals surface area (Å²) in [6.45, 7) is 9.11. The Morgan fingerprint density at radius 2 is 1.83 bits per heavy atom. The van der Waals surface area contributed by atoms with E-state index in [1.165, 1.54) is 0 Å². The third-order valence-electron chi connectivity index (χ3n) is 7.37. The molecule has 0 bridgehead atoms. The van der Waals surface area contributed by atoms with Crippen molar-refractivity contribution in [3.8, 4) is 0 Å². The van der Waals surface area contributed by atoms with Crippen molar-refractivity contribution in [2.24, 2.45) is 11.8 Å². The van der Waals surface area contributed by atoms with E-state index in [9.17, 15) is 13.2 Å². The first-order valence-electron chi connectivity index (χ1n) is 10.9. The van der Waals surface area contributed by atoms with Gasteiger partial charge < -0.3 is 5.32 Å². The van der Waals surface area contributed by atoms with Crippen LogP contribution < -0.4 is 5.32 Å². The lowest BCUT2D eigenvalue weighted by atomic mass is 9.76. The number of piperidine rings is 1. The van der Waals surface area contributed by atoms with E-state index in [0.717, 1.165) is 31.5 Å². The number of nitrogens with zero attached hydrogens (tertiary/aromatic N) is 2. The van der Waals surface area contributed by atoms with Crippen LogP contribution in [-0.4, -0.2) is 61.3 Å². The van der Waals surface area contributed by atoms with Gasteiger partial charge in [0.1, 0.15) is 0 Å². The molecule has 1 aromatic carbocycles. The van der Waals surface area contributed by atoms with Crippen molar-refractivity contribution in [1.82, 2.24) is 14.5 Å². The van der Waals surface area contributed by atoms with Gasteiger partial charge in [0.15, 0.2) is 0 Å². The van der Waals surface area contributed by atoms with E-state index in [1.807, 2.05) is 19.1 Å². The molecule has 0 saturated carbocycles. The molecule has 0 aromatic heterocycles. The van der Waals surface area contributed by atoms with Crippen LogP contribution in [0.1, 0.15) is 45.1 Å². The van der Waals surface area contributed by atoms with Crippen LogP contribution in [0.2, 0.25) is 0 Å². The van der Waals surface area contributed by atoms with Crippen LogP contribution in [0.15, 0.2) is 29.2 Å². The van der Waals surface area contributed by atoms with Crippen molar-refractivity contribution in [3.63, 3.8) is 0 Å². The normalized spacial score (nSPS) is 28.4. The zero-order valence-electron chi connectivity index (χ0n) is 17.7. The molecule has 7 heteroatoms. The molecule has 6 nitrogen and oxygen atoms in total. The number of fused-ring (bicyclic) bond motifs is 2. The SMILES string of the molecule is CCC[C@@H](C)N1C[C@H]2C(=O)NC3(CCN(S(=O)(=O)c4ccc(C)cc4)CC3)[C@H]2C1. The fourth-order valence-electron chi connectivity index (χ4n) is 5.53. The number of aryl methyl sites for hydroxylation is 1. The Morgan fingerprint density at radius 1 is 1.17 bits per heavy atom. The molecule has 3 heterocycles. The summed E-state index contributed by atoms with van der Waals surface area (Å²) in [4.78, 5) is 15.5. The van der Waals surface area contributed by atoms with E-state index in [-0.39, 0.29) is 17.4 Å². The smallest absolute Gasteiger partial charge is 0.243 e. The van der Waals surface area contributed by atoms with Crippen LogP contribution in [0, 0.1) is 18.8 Å². The molecule has 4 rings (SSSR count). The number of nitrogens with one attached hydrogen (secondary N) is 1. The number of carbonyl (C=O) groups is 1. The molecule has 3 fully saturated rings. The molecule has 3 aliphatic rings. The minimum absolute atomic E-state index is 0.0505. The summed E-state index contributed by atoms with van der Waals surface area (Å²) in [7, 11) is -3.48. The molecule has 3 aliphatic heterocycles. The third-order valence-corrected chi connectivity index (χ3v) is 9.28. The van der Waals surface area contributed by atoms with Crippen LogP contribution in [0.5, 0.6) is 0 Å². The summed E-state index contributed by atoms with van der Waals surface area (Å²) in [6.07, 6.45) is 3.69. The highest BCUT2D eigenvalue weighted by molar-refractivity contribution is 7.89. The molecule has 1 spiro atoms. The lowest BCUT2D eigenvalue weighted by Gasteiger charge is -2.42. The van der Waals surface area contributed by atoms with Gasteiger partial charge >= 0.3 is 0 Å². The Balaban J connectivity index is 1.47. The summed E-state index contributed by atoms with van der Waals surface area (Å²) in [5.41, 5.74) is 0.797. The average Bonchev–Trinajstić information content (AvgIpc) is 3.24.